The molecule has 6 atom stereocenters. The zero-order valence-corrected chi connectivity index (χ0v) is 53.3. The number of carboxylic acids is 1. The number of hydrogen-bond donors (Lipinski definition) is 3. The summed E-state index contributed by atoms with van der Waals surface area (Å²) >= 11 is 0. The van der Waals surface area contributed by atoms with Gasteiger partial charge in [-0.1, -0.05) is 245 Å². The number of unbranched alkanes of at least 4 members (excludes halogenated alkanes) is 22. The van der Waals surface area contributed by atoms with E-state index in [9.17, 15) is 34.5 Å². The average Bonchev–Trinajstić information content (AvgIpc) is 3.53. The van der Waals surface area contributed by atoms with Gasteiger partial charge in [0.05, 0.1) is 6.61 Å². The van der Waals surface area contributed by atoms with Crippen molar-refractivity contribution in [3.8, 4) is 0 Å². The van der Waals surface area contributed by atoms with Crippen molar-refractivity contribution in [1.29, 1.82) is 0 Å². The van der Waals surface area contributed by atoms with Crippen LogP contribution in [0.2, 0.25) is 0 Å². The van der Waals surface area contributed by atoms with Gasteiger partial charge in [0.1, 0.15) is 18.8 Å². The molecule has 1 saturated heterocycles. The van der Waals surface area contributed by atoms with Crippen molar-refractivity contribution < 1.29 is 58.2 Å². The molecule has 1 heterocycles. The third-order valence-corrected chi connectivity index (χ3v) is 14.5. The Hall–Kier alpha value is -4.88. The van der Waals surface area contributed by atoms with Crippen LogP contribution in [-0.2, 0) is 42.9 Å². The van der Waals surface area contributed by atoms with E-state index in [0.717, 1.165) is 128 Å². The van der Waals surface area contributed by atoms with Crippen LogP contribution in [0.3, 0.4) is 0 Å². The summed E-state index contributed by atoms with van der Waals surface area (Å²) < 4.78 is 28.5. The normalized spacial score (nSPS) is 18.2. The van der Waals surface area contributed by atoms with E-state index in [0.29, 0.717) is 25.7 Å². The predicted molar refractivity (Wildman–Crippen MR) is 349 cm³/mol. The second-order valence-electron chi connectivity index (χ2n) is 22.3. The maximum absolute atomic E-state index is 13.2. The molecule has 0 bridgehead atoms. The summed E-state index contributed by atoms with van der Waals surface area (Å²) in [6, 6.07) is 0. The van der Waals surface area contributed by atoms with Crippen LogP contribution in [0.15, 0.2) is 122 Å². The molecule has 0 spiro atoms. The number of carbonyl (C=O) groups is 4. The first-order chi connectivity index (χ1) is 41.6. The lowest BCUT2D eigenvalue weighted by Gasteiger charge is -2.40. The number of carbonyl (C=O) groups excluding carboxylic acids is 3. The Morgan fingerprint density at radius 3 is 1.18 bits per heavy atom. The van der Waals surface area contributed by atoms with Crippen LogP contribution in [0.1, 0.15) is 265 Å². The van der Waals surface area contributed by atoms with Crippen molar-refractivity contribution in [2.24, 2.45) is 0 Å². The van der Waals surface area contributed by atoms with E-state index in [2.05, 4.69) is 130 Å². The molecule has 1 rings (SSSR count). The van der Waals surface area contributed by atoms with E-state index >= 15 is 0 Å². The van der Waals surface area contributed by atoms with Crippen molar-refractivity contribution in [1.82, 2.24) is 0 Å². The van der Waals surface area contributed by atoms with Gasteiger partial charge in [-0.2, -0.15) is 0 Å². The van der Waals surface area contributed by atoms with Gasteiger partial charge in [0, 0.05) is 19.3 Å². The average molecular weight is 1190 g/mol. The Balaban J connectivity index is 2.69. The molecule has 0 aromatic rings. The Bertz CT molecular complexity index is 1940. The minimum Gasteiger partial charge on any atom is -0.479 e. The number of ether oxygens (including phenoxy) is 5. The number of aliphatic carboxylic acids is 1. The highest BCUT2D eigenvalue weighted by atomic mass is 16.7. The quantitative estimate of drug-likeness (QED) is 0.0228. The van der Waals surface area contributed by atoms with Crippen LogP contribution >= 0.6 is 0 Å². The number of esters is 3. The topological polar surface area (TPSA) is 175 Å². The molecule has 0 aromatic heterocycles. The van der Waals surface area contributed by atoms with E-state index in [4.69, 9.17) is 23.7 Å². The molecule has 1 aliphatic heterocycles. The standard InChI is InChI=1S/C73H118O12/c1-4-7-10-13-16-19-22-25-28-31-33-36-38-41-44-47-50-53-56-59-65(74)81-62-64(83-66(75)60-57-54-51-48-45-42-39-35-30-27-24-21-18-15-12-9-6-3)63-82-73-71(69(78)68(77)70(85-73)72(79)80)84-67(76)61-58-55-52-49-46-43-40-37-34-32-29-26-23-20-17-14-11-8-5-2/h7,9-10,12,16,18-19,21,25-30,33,36,39,42,48,51,64,68-71,73,77-78H,4-6,8,11,13-15,17,20,22-24,31-32,34-35,37-38,40-41,43-47,49-50,52-63H2,1-3H3,(H,79,80)/b10-7-,12-9-,19-16-,21-18-,28-25-,29-26-,30-27-,36-33-,42-39-,51-48-. The highest BCUT2D eigenvalue weighted by Crippen LogP contribution is 2.26. The number of allylic oxidation sites excluding steroid dienone is 20. The highest BCUT2D eigenvalue weighted by Gasteiger charge is 2.50. The fraction of sp³-hybridized carbons (Fsp3) is 0.671. The second-order valence-corrected chi connectivity index (χ2v) is 22.3. The van der Waals surface area contributed by atoms with Gasteiger partial charge >= 0.3 is 23.9 Å². The molecule has 0 amide bonds. The van der Waals surface area contributed by atoms with Crippen molar-refractivity contribution >= 4 is 23.9 Å². The molecule has 3 N–H and O–H groups in total. The van der Waals surface area contributed by atoms with Gasteiger partial charge in [0.15, 0.2) is 24.6 Å². The first-order valence-electron chi connectivity index (χ1n) is 33.5. The monoisotopic (exact) mass is 1190 g/mol. The Kier molecular flexibility index (Phi) is 54.6. The molecule has 85 heavy (non-hydrogen) atoms. The summed E-state index contributed by atoms with van der Waals surface area (Å²) in [5.74, 6) is -3.23. The lowest BCUT2D eigenvalue weighted by molar-refractivity contribution is -0.301. The molecule has 1 fully saturated rings. The van der Waals surface area contributed by atoms with Crippen molar-refractivity contribution in [3.05, 3.63) is 122 Å². The smallest absolute Gasteiger partial charge is 0.335 e. The van der Waals surface area contributed by atoms with E-state index in [1.165, 1.54) is 70.6 Å². The molecule has 0 saturated carbocycles. The van der Waals surface area contributed by atoms with Crippen LogP contribution < -0.4 is 0 Å². The number of aliphatic hydroxyl groups excluding tert-OH is 2. The number of rotatable bonds is 56. The molecular weight excluding hydrogens is 1070 g/mol. The zero-order chi connectivity index (χ0) is 61.7. The third-order valence-electron chi connectivity index (χ3n) is 14.5. The summed E-state index contributed by atoms with van der Waals surface area (Å²) in [5, 5.41) is 31.6. The number of aliphatic hydroxyl groups is 2. The third kappa shape index (κ3) is 48.9. The van der Waals surface area contributed by atoms with Crippen LogP contribution in [0, 0.1) is 0 Å². The van der Waals surface area contributed by atoms with E-state index in [-0.39, 0.29) is 25.9 Å². The maximum atomic E-state index is 13.2. The summed E-state index contributed by atoms with van der Waals surface area (Å²) in [6.45, 7) is 5.73. The largest absolute Gasteiger partial charge is 0.479 e. The van der Waals surface area contributed by atoms with E-state index in [1.54, 1.807) is 0 Å². The predicted octanol–water partition coefficient (Wildman–Crippen LogP) is 18.3. The Morgan fingerprint density at radius 1 is 0.400 bits per heavy atom. The van der Waals surface area contributed by atoms with E-state index < -0.39 is 67.3 Å². The summed E-state index contributed by atoms with van der Waals surface area (Å²) in [4.78, 5) is 51.4. The van der Waals surface area contributed by atoms with Gasteiger partial charge in [-0.05, 0) is 122 Å². The van der Waals surface area contributed by atoms with Gasteiger partial charge in [-0.25, -0.2) is 4.79 Å². The Morgan fingerprint density at radius 2 is 0.753 bits per heavy atom. The lowest BCUT2D eigenvalue weighted by Crippen LogP contribution is -2.61. The molecule has 12 nitrogen and oxygen atoms in total. The van der Waals surface area contributed by atoms with Gasteiger partial charge in [0.25, 0.3) is 0 Å². The SMILES string of the molecule is CC/C=C\C/C=C\C/C=C\C/C=C\C/C=C\CCCC(=O)OC(COC(=O)CCCCCCCC/C=C\C/C=C\C/C=C\C/C=C\CC)COC1OC(C(=O)O)C(O)C(O)C1OC(=O)CCCCCCCCCCC/C=C\CCCCCCCC. The maximum Gasteiger partial charge on any atom is 0.335 e. The molecule has 12 heteroatoms. The van der Waals surface area contributed by atoms with Crippen LogP contribution in [0.25, 0.3) is 0 Å². The van der Waals surface area contributed by atoms with Crippen LogP contribution in [-0.4, -0.2) is 89.2 Å². The van der Waals surface area contributed by atoms with Crippen LogP contribution in [0.5, 0.6) is 0 Å². The molecule has 0 aliphatic carbocycles. The zero-order valence-electron chi connectivity index (χ0n) is 53.3. The van der Waals surface area contributed by atoms with Crippen molar-refractivity contribution in [3.63, 3.8) is 0 Å². The fourth-order valence-corrected chi connectivity index (χ4v) is 9.45. The van der Waals surface area contributed by atoms with Crippen molar-refractivity contribution in [2.45, 2.75) is 302 Å². The first kappa shape index (κ1) is 78.1. The summed E-state index contributed by atoms with van der Waals surface area (Å²) in [5.41, 5.74) is 0. The van der Waals surface area contributed by atoms with Gasteiger partial charge in [0.2, 0.25) is 0 Å². The second kappa shape index (κ2) is 59.5. The first-order valence-corrected chi connectivity index (χ1v) is 33.5. The molecule has 6 unspecified atom stereocenters. The Labute approximate surface area is 516 Å². The highest BCUT2D eigenvalue weighted by molar-refractivity contribution is 5.74. The summed E-state index contributed by atoms with van der Waals surface area (Å²) in [7, 11) is 0. The molecule has 482 valence electrons. The summed E-state index contributed by atoms with van der Waals surface area (Å²) in [6.07, 6.45) is 70.1. The van der Waals surface area contributed by atoms with E-state index in [1.807, 2.05) is 12.2 Å². The molecule has 0 aromatic carbocycles. The van der Waals surface area contributed by atoms with Gasteiger partial charge in [-0.3, -0.25) is 14.4 Å². The minimum atomic E-state index is -1.92. The van der Waals surface area contributed by atoms with Crippen molar-refractivity contribution in [2.75, 3.05) is 13.2 Å². The fourth-order valence-electron chi connectivity index (χ4n) is 9.45. The lowest BCUT2D eigenvalue weighted by atomic mass is 9.98. The van der Waals surface area contributed by atoms with Gasteiger partial charge < -0.3 is 39.0 Å². The van der Waals surface area contributed by atoms with Gasteiger partial charge in [-0.15, -0.1) is 0 Å². The molecule has 0 radical (unpaired) electrons. The van der Waals surface area contributed by atoms with Crippen LogP contribution in [0.4, 0.5) is 0 Å². The molecule has 1 aliphatic rings. The number of hydrogen-bond acceptors (Lipinski definition) is 11. The molecular formula is C73H118O12. The minimum absolute atomic E-state index is 0.0449. The number of carboxylic acid groups (broad SMARTS) is 1.